The van der Waals surface area contributed by atoms with Gasteiger partial charge in [0.1, 0.15) is 17.1 Å². The number of fused-ring (bicyclic) bond motifs is 1. The summed E-state index contributed by atoms with van der Waals surface area (Å²) < 4.78 is 48.7. The largest absolute Gasteiger partial charge is 0.497 e. The molecule has 4 rings (SSSR count). The predicted molar refractivity (Wildman–Crippen MR) is 120 cm³/mol. The summed E-state index contributed by atoms with van der Waals surface area (Å²) in [5, 5.41) is 12.9. The van der Waals surface area contributed by atoms with Crippen molar-refractivity contribution < 1.29 is 27.8 Å². The molecule has 170 valence electrons. The molecule has 2 aromatic rings. The Balaban J connectivity index is 1.79. The first-order chi connectivity index (χ1) is 14.9. The van der Waals surface area contributed by atoms with Gasteiger partial charge < -0.3 is 15.2 Å². The monoisotopic (exact) mass is 528 g/mol. The van der Waals surface area contributed by atoms with Crippen LogP contribution in [0.15, 0.2) is 51.9 Å². The highest BCUT2D eigenvalue weighted by molar-refractivity contribution is 9.10. The van der Waals surface area contributed by atoms with Gasteiger partial charge in [0.05, 0.1) is 12.5 Å². The maximum Gasteiger partial charge on any atom is 0.327 e. The minimum atomic E-state index is -3.63. The number of nitrogens with one attached hydrogen (secondary N) is 1. The van der Waals surface area contributed by atoms with E-state index in [1.165, 1.54) is 19.1 Å². The molecule has 32 heavy (non-hydrogen) atoms. The molecule has 2 aromatic carbocycles. The summed E-state index contributed by atoms with van der Waals surface area (Å²) in [6.45, 7) is 2.74. The number of aliphatic carboxylic acids is 1. The molecule has 2 N–H and O–H groups in total. The summed E-state index contributed by atoms with van der Waals surface area (Å²) in [5.41, 5.74) is -3.27. The zero-order chi connectivity index (χ0) is 23.5. The Morgan fingerprint density at radius 2 is 1.88 bits per heavy atom. The van der Waals surface area contributed by atoms with E-state index in [0.29, 0.717) is 22.0 Å². The number of rotatable bonds is 5. The number of hydrogen-bond acceptors (Lipinski definition) is 5. The lowest BCUT2D eigenvalue weighted by molar-refractivity contribution is -0.139. The predicted octanol–water partition coefficient (Wildman–Crippen LogP) is 5.18. The first kappa shape index (κ1) is 23.0. The van der Waals surface area contributed by atoms with Gasteiger partial charge in [0.25, 0.3) is 5.92 Å². The third-order valence-electron chi connectivity index (χ3n) is 6.62. The Kier molecular flexibility index (Phi) is 5.32. The van der Waals surface area contributed by atoms with Gasteiger partial charge in [-0.3, -0.25) is 9.79 Å². The molecule has 0 radical (unpaired) electrons. The summed E-state index contributed by atoms with van der Waals surface area (Å²) in [5.74, 6) is -5.36. The molecule has 0 amide bonds. The number of nitrogens with zero attached hydrogens (tertiary/aromatic N) is 1. The maximum atomic E-state index is 15.4. The number of methoxy groups -OCH3 is 1. The summed E-state index contributed by atoms with van der Waals surface area (Å²) in [4.78, 5) is 16.7. The second-order valence-electron chi connectivity index (χ2n) is 8.10. The average Bonchev–Trinajstić information content (AvgIpc) is 3.17. The molecule has 0 bridgehead atoms. The Morgan fingerprint density at radius 3 is 2.47 bits per heavy atom. The van der Waals surface area contributed by atoms with E-state index < -0.39 is 33.4 Å². The molecule has 3 atom stereocenters. The van der Waals surface area contributed by atoms with Crippen LogP contribution < -0.4 is 10.1 Å². The average molecular weight is 529 g/mol. The van der Waals surface area contributed by atoms with Crippen LogP contribution in [0.2, 0.25) is 0 Å². The summed E-state index contributed by atoms with van der Waals surface area (Å²) >= 11 is 3.73. The molecule has 2 aliphatic rings. The minimum absolute atomic E-state index is 0.0137. The van der Waals surface area contributed by atoms with Crippen LogP contribution >= 0.6 is 27.7 Å². The quantitative estimate of drug-likeness (QED) is 0.559. The van der Waals surface area contributed by atoms with Crippen LogP contribution in [0.25, 0.3) is 0 Å². The number of halogens is 4. The molecule has 1 heterocycles. The van der Waals surface area contributed by atoms with Crippen LogP contribution in [0, 0.1) is 11.2 Å². The fourth-order valence-corrected chi connectivity index (χ4v) is 6.40. The van der Waals surface area contributed by atoms with Crippen molar-refractivity contribution >= 4 is 38.8 Å². The molecule has 1 unspecified atom stereocenters. The molecule has 1 saturated carbocycles. The zero-order valence-corrected chi connectivity index (χ0v) is 19.8. The van der Waals surface area contributed by atoms with Crippen molar-refractivity contribution in [1.82, 2.24) is 5.32 Å². The Hall–Kier alpha value is -2.20. The van der Waals surface area contributed by atoms with Crippen LogP contribution in [-0.2, 0) is 16.9 Å². The van der Waals surface area contributed by atoms with Crippen molar-refractivity contribution in [3.8, 4) is 5.75 Å². The van der Waals surface area contributed by atoms with E-state index in [1.54, 1.807) is 31.4 Å². The van der Waals surface area contributed by atoms with Crippen LogP contribution in [0.5, 0.6) is 5.75 Å². The lowest BCUT2D eigenvalue weighted by Crippen LogP contribution is -2.46. The first-order valence-corrected chi connectivity index (χ1v) is 11.3. The molecular weight excluding hydrogens is 509 g/mol. The molecule has 0 aromatic heterocycles. The van der Waals surface area contributed by atoms with Gasteiger partial charge in [0.2, 0.25) is 0 Å². The van der Waals surface area contributed by atoms with E-state index in [2.05, 4.69) is 26.2 Å². The number of hydrogen-bond donors (Lipinski definition) is 2. The van der Waals surface area contributed by atoms with E-state index in [0.717, 1.165) is 18.6 Å². The van der Waals surface area contributed by atoms with E-state index >= 15 is 8.78 Å². The highest BCUT2D eigenvalue weighted by Crippen LogP contribution is 2.83. The van der Waals surface area contributed by atoms with E-state index in [1.807, 2.05) is 0 Å². The number of amidine groups is 1. The van der Waals surface area contributed by atoms with Gasteiger partial charge in [0, 0.05) is 16.6 Å². The van der Waals surface area contributed by atoms with Gasteiger partial charge in [0.15, 0.2) is 9.91 Å². The van der Waals surface area contributed by atoms with Gasteiger partial charge in [-0.25, -0.2) is 13.2 Å². The van der Waals surface area contributed by atoms with Crippen molar-refractivity contribution in [2.45, 2.75) is 36.6 Å². The molecule has 5 nitrogen and oxygen atoms in total. The fraction of sp³-hybridized carbons (Fsp3) is 0.364. The van der Waals surface area contributed by atoms with Gasteiger partial charge in [-0.2, -0.15) is 0 Å². The number of ether oxygens (including phenoxy) is 1. The van der Waals surface area contributed by atoms with Gasteiger partial charge >= 0.3 is 5.97 Å². The molecule has 1 aliphatic heterocycles. The molecule has 1 fully saturated rings. The van der Waals surface area contributed by atoms with Crippen molar-refractivity contribution in [3.63, 3.8) is 0 Å². The van der Waals surface area contributed by atoms with Gasteiger partial charge in [-0.05, 0) is 49.7 Å². The Labute approximate surface area is 195 Å². The normalized spacial score (nSPS) is 30.2. The highest BCUT2D eigenvalue weighted by Gasteiger charge is 2.99. The van der Waals surface area contributed by atoms with Crippen LogP contribution in [0.4, 0.5) is 13.2 Å². The fourth-order valence-electron chi connectivity index (χ4n) is 4.48. The van der Waals surface area contributed by atoms with Crippen molar-refractivity contribution in [3.05, 3.63) is 63.9 Å². The SMILES string of the molecule is COc1ccc(CNC2=N[C@](C)(c3cc(Br)ccc3F)C3(C)C(F)(F)[C@]3(C(=O)O)S2)cc1. The molecule has 0 saturated heterocycles. The lowest BCUT2D eigenvalue weighted by atomic mass is 9.76. The topological polar surface area (TPSA) is 70.9 Å². The molecular formula is C22H20BrF3N2O3S. The first-order valence-electron chi connectivity index (χ1n) is 9.67. The van der Waals surface area contributed by atoms with E-state index in [4.69, 9.17) is 4.74 Å². The summed E-state index contributed by atoms with van der Waals surface area (Å²) in [6.07, 6.45) is 0. The third kappa shape index (κ3) is 2.84. The number of benzene rings is 2. The number of thioether (sulfide) groups is 1. The minimum Gasteiger partial charge on any atom is -0.497 e. The summed E-state index contributed by atoms with van der Waals surface area (Å²) in [6, 6.07) is 11.0. The molecule has 1 aliphatic carbocycles. The molecule has 10 heteroatoms. The second-order valence-corrected chi connectivity index (χ2v) is 10.2. The standard InChI is InChI=1S/C22H20BrF3N2O3S/c1-19(15-10-13(23)6-9-16(15)24)20(2)21(17(29)30,22(20,25)26)32-18(28-19)27-11-12-4-7-14(31-3)8-5-12/h4-10H,11H2,1-3H3,(H,27,28)(H,29,30)/t19-,20?,21-/m1/s1. The van der Waals surface area contributed by atoms with Gasteiger partial charge in [-0.15, -0.1) is 0 Å². The van der Waals surface area contributed by atoms with E-state index in [-0.39, 0.29) is 17.3 Å². The van der Waals surface area contributed by atoms with Crippen LogP contribution in [0.3, 0.4) is 0 Å². The Bertz CT molecular complexity index is 1130. The number of alkyl halides is 2. The number of carboxylic acid groups (broad SMARTS) is 1. The van der Waals surface area contributed by atoms with Gasteiger partial charge in [-0.1, -0.05) is 39.8 Å². The van der Waals surface area contributed by atoms with Crippen LogP contribution in [-0.4, -0.2) is 34.0 Å². The lowest BCUT2D eigenvalue weighted by Gasteiger charge is -2.38. The highest BCUT2D eigenvalue weighted by atomic mass is 79.9. The third-order valence-corrected chi connectivity index (χ3v) is 8.68. The maximum absolute atomic E-state index is 15.4. The summed E-state index contributed by atoms with van der Waals surface area (Å²) in [7, 11) is 1.54. The zero-order valence-electron chi connectivity index (χ0n) is 17.4. The number of carboxylic acids is 1. The van der Waals surface area contributed by atoms with Crippen molar-refractivity contribution in [2.24, 2.45) is 10.4 Å². The van der Waals surface area contributed by atoms with Crippen molar-refractivity contribution in [1.29, 1.82) is 0 Å². The van der Waals surface area contributed by atoms with Crippen LogP contribution in [0.1, 0.15) is 25.0 Å². The second kappa shape index (κ2) is 7.41. The molecule has 0 spiro atoms. The number of aliphatic imine (C=N–C) groups is 1. The van der Waals surface area contributed by atoms with E-state index in [9.17, 15) is 14.3 Å². The smallest absolute Gasteiger partial charge is 0.327 e. The van der Waals surface area contributed by atoms with Crippen molar-refractivity contribution in [2.75, 3.05) is 7.11 Å². The number of carbonyl (C=O) groups is 1. The Morgan fingerprint density at radius 1 is 1.22 bits per heavy atom.